The van der Waals surface area contributed by atoms with Gasteiger partial charge in [0.1, 0.15) is 0 Å². The Hall–Kier alpha value is -1.47. The first-order chi connectivity index (χ1) is 14.1. The number of β-lactam (4-membered cyclic amide) rings is 1. The number of carbonyl (C=O) groups excluding carboxylic acids is 2. The van der Waals surface area contributed by atoms with Crippen molar-refractivity contribution in [2.24, 2.45) is 11.3 Å². The van der Waals surface area contributed by atoms with Gasteiger partial charge >= 0.3 is 0 Å². The summed E-state index contributed by atoms with van der Waals surface area (Å²) in [4.78, 5) is 36.2. The molecule has 2 amide bonds. The molecule has 3 saturated heterocycles. The fourth-order valence-corrected chi connectivity index (χ4v) is 7.09. The molecule has 1 saturated carbocycles. The molecule has 4 heterocycles. The van der Waals surface area contributed by atoms with Gasteiger partial charge in [0, 0.05) is 38.3 Å². The van der Waals surface area contributed by atoms with E-state index in [1.165, 1.54) is 4.88 Å². The first-order valence-electron chi connectivity index (χ1n) is 11.2. The Bertz CT molecular complexity index is 774. The Morgan fingerprint density at radius 1 is 1.17 bits per heavy atom. The minimum atomic E-state index is -0.174. The molecule has 5 rings (SSSR count). The molecule has 6 nitrogen and oxygen atoms in total. The van der Waals surface area contributed by atoms with Gasteiger partial charge in [-0.3, -0.25) is 9.59 Å². The van der Waals surface area contributed by atoms with E-state index in [0.717, 1.165) is 70.2 Å². The van der Waals surface area contributed by atoms with Gasteiger partial charge in [0.05, 0.1) is 27.5 Å². The molecule has 158 valence electrons. The minimum absolute atomic E-state index is 0.125. The molecule has 1 spiro atoms. The van der Waals surface area contributed by atoms with Gasteiger partial charge in [-0.25, -0.2) is 4.98 Å². The SMILES string of the molecule is Cc1ncsc1C1N(C2CCN(C(=O)C3CCOCC3)CC2)C(=O)C12CCCC2. The predicted molar refractivity (Wildman–Crippen MR) is 110 cm³/mol. The van der Waals surface area contributed by atoms with Crippen LogP contribution in [0.15, 0.2) is 5.51 Å². The zero-order valence-electron chi connectivity index (χ0n) is 17.3. The number of aromatic nitrogens is 1. The van der Waals surface area contributed by atoms with E-state index in [-0.39, 0.29) is 23.4 Å². The standard InChI is InChI=1S/C22H31N3O3S/c1-15-18(29-14-23-15)19-22(8-2-3-9-22)21(27)25(19)17-4-10-24(11-5-17)20(26)16-6-12-28-13-7-16/h14,16-17,19H,2-13H2,1H3. The summed E-state index contributed by atoms with van der Waals surface area (Å²) in [7, 11) is 0. The molecule has 1 aliphatic carbocycles. The van der Waals surface area contributed by atoms with Crippen LogP contribution in [0.25, 0.3) is 0 Å². The van der Waals surface area contributed by atoms with E-state index in [4.69, 9.17) is 4.74 Å². The molecular weight excluding hydrogens is 386 g/mol. The number of carbonyl (C=O) groups is 2. The van der Waals surface area contributed by atoms with Crippen LogP contribution in [-0.4, -0.2) is 58.9 Å². The van der Waals surface area contributed by atoms with Crippen LogP contribution in [0.2, 0.25) is 0 Å². The van der Waals surface area contributed by atoms with E-state index >= 15 is 0 Å². The Morgan fingerprint density at radius 3 is 2.48 bits per heavy atom. The summed E-state index contributed by atoms with van der Waals surface area (Å²) in [6, 6.07) is 0.451. The number of ether oxygens (including phenoxy) is 1. The van der Waals surface area contributed by atoms with Gasteiger partial charge in [-0.2, -0.15) is 0 Å². The molecule has 4 fully saturated rings. The average Bonchev–Trinajstić information content (AvgIpc) is 3.43. The van der Waals surface area contributed by atoms with Crippen LogP contribution in [-0.2, 0) is 14.3 Å². The molecule has 1 aromatic rings. The van der Waals surface area contributed by atoms with E-state index in [1.807, 2.05) is 10.4 Å². The second-order valence-electron chi connectivity index (χ2n) is 9.22. The van der Waals surface area contributed by atoms with E-state index in [2.05, 4.69) is 16.8 Å². The summed E-state index contributed by atoms with van der Waals surface area (Å²) in [5, 5.41) is 0. The maximum Gasteiger partial charge on any atom is 0.232 e. The second-order valence-corrected chi connectivity index (χ2v) is 10.1. The van der Waals surface area contributed by atoms with Crippen molar-refractivity contribution < 1.29 is 14.3 Å². The van der Waals surface area contributed by atoms with Crippen molar-refractivity contribution >= 4 is 23.2 Å². The predicted octanol–water partition coefficient (Wildman–Crippen LogP) is 3.31. The number of likely N-dealkylation sites (tertiary alicyclic amines) is 2. The third kappa shape index (κ3) is 3.12. The lowest BCUT2D eigenvalue weighted by Gasteiger charge is -2.58. The lowest BCUT2D eigenvalue weighted by molar-refractivity contribution is -0.181. The lowest BCUT2D eigenvalue weighted by atomic mass is 9.67. The number of amides is 2. The maximum atomic E-state index is 13.4. The molecule has 0 N–H and O–H groups in total. The van der Waals surface area contributed by atoms with Crippen molar-refractivity contribution in [3.63, 3.8) is 0 Å². The topological polar surface area (TPSA) is 62.7 Å². The van der Waals surface area contributed by atoms with Crippen molar-refractivity contribution in [2.45, 2.75) is 70.4 Å². The molecule has 0 aromatic carbocycles. The average molecular weight is 418 g/mol. The largest absolute Gasteiger partial charge is 0.381 e. The number of piperidine rings is 1. The maximum absolute atomic E-state index is 13.4. The molecule has 0 radical (unpaired) electrons. The van der Waals surface area contributed by atoms with Crippen LogP contribution < -0.4 is 0 Å². The van der Waals surface area contributed by atoms with E-state index in [1.54, 1.807) is 11.3 Å². The molecule has 4 aliphatic rings. The molecule has 1 unspecified atom stereocenters. The Kier molecular flexibility index (Phi) is 5.14. The Morgan fingerprint density at radius 2 is 1.86 bits per heavy atom. The third-order valence-electron chi connectivity index (χ3n) is 7.73. The van der Waals surface area contributed by atoms with Crippen LogP contribution in [0.5, 0.6) is 0 Å². The third-order valence-corrected chi connectivity index (χ3v) is 8.71. The number of aryl methyl sites for hydroxylation is 1. The van der Waals surface area contributed by atoms with Crippen molar-refractivity contribution in [3.05, 3.63) is 16.1 Å². The Labute approximate surface area is 176 Å². The van der Waals surface area contributed by atoms with Crippen molar-refractivity contribution in [1.29, 1.82) is 0 Å². The highest BCUT2D eigenvalue weighted by atomic mass is 32.1. The van der Waals surface area contributed by atoms with Crippen LogP contribution in [0.4, 0.5) is 0 Å². The highest BCUT2D eigenvalue weighted by Crippen LogP contribution is 2.61. The smallest absolute Gasteiger partial charge is 0.232 e. The number of hydrogen-bond donors (Lipinski definition) is 0. The van der Waals surface area contributed by atoms with Gasteiger partial charge in [0.2, 0.25) is 11.8 Å². The lowest BCUT2D eigenvalue weighted by Crippen LogP contribution is -2.66. The molecule has 29 heavy (non-hydrogen) atoms. The number of nitrogens with zero attached hydrogens (tertiary/aromatic N) is 3. The molecule has 1 atom stereocenters. The van der Waals surface area contributed by atoms with E-state index < -0.39 is 0 Å². The summed E-state index contributed by atoms with van der Waals surface area (Å²) in [6.07, 6.45) is 7.84. The summed E-state index contributed by atoms with van der Waals surface area (Å²) >= 11 is 1.71. The number of hydrogen-bond acceptors (Lipinski definition) is 5. The Balaban J connectivity index is 1.29. The summed E-state index contributed by atoms with van der Waals surface area (Å²) in [5.41, 5.74) is 2.83. The quantitative estimate of drug-likeness (QED) is 0.708. The fraction of sp³-hybridized carbons (Fsp3) is 0.773. The monoisotopic (exact) mass is 417 g/mol. The number of thiazole rings is 1. The number of rotatable bonds is 3. The molecular formula is C22H31N3O3S. The van der Waals surface area contributed by atoms with Gasteiger partial charge in [0.15, 0.2) is 0 Å². The zero-order valence-corrected chi connectivity index (χ0v) is 18.1. The van der Waals surface area contributed by atoms with Crippen LogP contribution in [0, 0.1) is 18.3 Å². The zero-order chi connectivity index (χ0) is 20.0. The molecule has 7 heteroatoms. The summed E-state index contributed by atoms with van der Waals surface area (Å²) in [6.45, 7) is 5.02. The highest BCUT2D eigenvalue weighted by Gasteiger charge is 2.64. The molecule has 3 aliphatic heterocycles. The molecule has 0 bridgehead atoms. The highest BCUT2D eigenvalue weighted by molar-refractivity contribution is 7.09. The van der Waals surface area contributed by atoms with Crippen LogP contribution >= 0.6 is 11.3 Å². The van der Waals surface area contributed by atoms with E-state index in [0.29, 0.717) is 25.0 Å². The van der Waals surface area contributed by atoms with Crippen LogP contribution in [0.3, 0.4) is 0 Å². The van der Waals surface area contributed by atoms with Gasteiger partial charge in [-0.15, -0.1) is 11.3 Å². The normalized spacial score (nSPS) is 28.2. The van der Waals surface area contributed by atoms with Gasteiger partial charge in [-0.05, 0) is 45.4 Å². The van der Waals surface area contributed by atoms with Crippen molar-refractivity contribution in [3.8, 4) is 0 Å². The first-order valence-corrected chi connectivity index (χ1v) is 12.1. The summed E-state index contributed by atoms with van der Waals surface area (Å²) < 4.78 is 5.40. The van der Waals surface area contributed by atoms with E-state index in [9.17, 15) is 9.59 Å². The first kappa shape index (κ1) is 19.5. The summed E-state index contributed by atoms with van der Waals surface area (Å²) in [5.74, 6) is 0.783. The minimum Gasteiger partial charge on any atom is -0.381 e. The van der Waals surface area contributed by atoms with Gasteiger partial charge < -0.3 is 14.5 Å². The molecule has 1 aromatic heterocycles. The van der Waals surface area contributed by atoms with Gasteiger partial charge in [-0.1, -0.05) is 12.8 Å². The van der Waals surface area contributed by atoms with Crippen LogP contribution in [0.1, 0.15) is 68.0 Å². The fourth-order valence-electron chi connectivity index (χ4n) is 6.08. The second kappa shape index (κ2) is 7.65. The van der Waals surface area contributed by atoms with Crippen molar-refractivity contribution in [1.82, 2.24) is 14.8 Å². The van der Waals surface area contributed by atoms with Gasteiger partial charge in [0.25, 0.3) is 0 Å². The van der Waals surface area contributed by atoms with Crippen molar-refractivity contribution in [2.75, 3.05) is 26.3 Å².